The predicted octanol–water partition coefficient (Wildman–Crippen LogP) is 1.18. The maximum absolute atomic E-state index is 12.6. The zero-order valence-electron chi connectivity index (χ0n) is 13.2. The molecule has 1 aromatic carbocycles. The van der Waals surface area contributed by atoms with Crippen molar-refractivity contribution in [3.8, 4) is 0 Å². The minimum Gasteiger partial charge on any atom is -0.338 e. The topological polar surface area (TPSA) is 92.5 Å². The Morgan fingerprint density at radius 1 is 1.45 bits per heavy atom. The number of carbonyl (C=O) groups is 1. The summed E-state index contributed by atoms with van der Waals surface area (Å²) in [7, 11) is -3.38. The number of amides is 1. The predicted molar refractivity (Wildman–Crippen MR) is 87.3 cm³/mol. The van der Waals surface area contributed by atoms with E-state index in [4.69, 9.17) is 5.73 Å². The number of carbonyl (C=O) groups excluding carboxylic acids is 1. The number of nitrogens with two attached hydrogens (primary N) is 1. The normalized spacial score (nSPS) is 21.9. The van der Waals surface area contributed by atoms with Crippen LogP contribution in [0.25, 0.3) is 0 Å². The summed E-state index contributed by atoms with van der Waals surface area (Å²) >= 11 is 0. The number of likely N-dealkylation sites (tertiary alicyclic amines) is 1. The quantitative estimate of drug-likeness (QED) is 0.869. The van der Waals surface area contributed by atoms with Gasteiger partial charge in [0.25, 0.3) is 5.91 Å². The van der Waals surface area contributed by atoms with Gasteiger partial charge in [-0.15, -0.1) is 0 Å². The molecule has 0 spiro atoms. The van der Waals surface area contributed by atoms with E-state index in [-0.39, 0.29) is 11.3 Å². The molecule has 0 saturated carbocycles. The zero-order valence-corrected chi connectivity index (χ0v) is 14.0. The monoisotopic (exact) mass is 325 g/mol. The van der Waals surface area contributed by atoms with Gasteiger partial charge in [-0.05, 0) is 43.0 Å². The van der Waals surface area contributed by atoms with Gasteiger partial charge in [0, 0.05) is 18.7 Å². The molecule has 1 unspecified atom stereocenters. The largest absolute Gasteiger partial charge is 0.338 e. The van der Waals surface area contributed by atoms with E-state index in [1.165, 1.54) is 0 Å². The first-order valence-electron chi connectivity index (χ1n) is 7.21. The Morgan fingerprint density at radius 2 is 2.14 bits per heavy atom. The van der Waals surface area contributed by atoms with E-state index in [1.807, 2.05) is 0 Å². The molecule has 6 nitrogen and oxygen atoms in total. The number of nitrogens with zero attached hydrogens (tertiary/aromatic N) is 1. The van der Waals surface area contributed by atoms with Crippen molar-refractivity contribution in [3.05, 3.63) is 29.3 Å². The van der Waals surface area contributed by atoms with Crippen LogP contribution in [0.5, 0.6) is 0 Å². The first-order valence-corrected chi connectivity index (χ1v) is 9.10. The molecular formula is C15H23N3O3S. The SMILES string of the molecule is Cc1ccc(C(=O)N2CCC(C)(CN)C2)cc1NS(C)(=O)=O. The molecule has 0 radical (unpaired) electrons. The zero-order chi connectivity index (χ0) is 16.5. The van der Waals surface area contributed by atoms with E-state index in [0.717, 1.165) is 18.2 Å². The van der Waals surface area contributed by atoms with Gasteiger partial charge >= 0.3 is 0 Å². The molecule has 1 aromatic rings. The Kier molecular flexibility index (Phi) is 4.49. The van der Waals surface area contributed by atoms with Gasteiger partial charge in [0.1, 0.15) is 0 Å². The van der Waals surface area contributed by atoms with Crippen LogP contribution in [0.2, 0.25) is 0 Å². The number of rotatable bonds is 4. The van der Waals surface area contributed by atoms with Crippen LogP contribution in [0, 0.1) is 12.3 Å². The van der Waals surface area contributed by atoms with E-state index >= 15 is 0 Å². The standard InChI is InChI=1S/C15H23N3O3S/c1-11-4-5-12(8-13(11)17-22(3,20)21)14(19)18-7-6-15(2,9-16)10-18/h4-5,8,17H,6-7,9-10,16H2,1-3H3. The molecule has 1 aliphatic rings. The number of benzene rings is 1. The second kappa shape index (κ2) is 5.89. The maximum Gasteiger partial charge on any atom is 0.253 e. The summed E-state index contributed by atoms with van der Waals surface area (Å²) in [6.45, 7) is 5.72. The Morgan fingerprint density at radius 3 is 2.68 bits per heavy atom. The number of hydrogen-bond acceptors (Lipinski definition) is 4. The highest BCUT2D eigenvalue weighted by Crippen LogP contribution is 2.30. The fourth-order valence-corrected chi connectivity index (χ4v) is 3.23. The number of nitrogens with one attached hydrogen (secondary N) is 1. The van der Waals surface area contributed by atoms with Crippen molar-refractivity contribution in [2.45, 2.75) is 20.3 Å². The number of hydrogen-bond donors (Lipinski definition) is 2. The van der Waals surface area contributed by atoms with Crippen molar-refractivity contribution < 1.29 is 13.2 Å². The molecule has 22 heavy (non-hydrogen) atoms. The van der Waals surface area contributed by atoms with Gasteiger partial charge in [-0.25, -0.2) is 8.42 Å². The lowest BCUT2D eigenvalue weighted by Gasteiger charge is -2.23. The van der Waals surface area contributed by atoms with Gasteiger partial charge < -0.3 is 10.6 Å². The Labute approximate surface area is 131 Å². The maximum atomic E-state index is 12.6. The van der Waals surface area contributed by atoms with Crippen LogP contribution in [0.15, 0.2) is 18.2 Å². The van der Waals surface area contributed by atoms with Gasteiger partial charge in [0.15, 0.2) is 0 Å². The third-order valence-electron chi connectivity index (χ3n) is 4.12. The summed E-state index contributed by atoms with van der Waals surface area (Å²) in [5.74, 6) is -0.0891. The molecule has 1 atom stereocenters. The lowest BCUT2D eigenvalue weighted by atomic mass is 9.90. The number of sulfonamides is 1. The van der Waals surface area contributed by atoms with E-state index in [0.29, 0.717) is 30.9 Å². The van der Waals surface area contributed by atoms with Crippen molar-refractivity contribution in [2.24, 2.45) is 11.1 Å². The second-order valence-corrected chi connectivity index (χ2v) is 8.14. The Bertz CT molecular complexity index is 687. The summed E-state index contributed by atoms with van der Waals surface area (Å²) in [6.07, 6.45) is 1.98. The first-order chi connectivity index (χ1) is 10.1. The van der Waals surface area contributed by atoms with Crippen molar-refractivity contribution in [1.82, 2.24) is 4.90 Å². The average Bonchev–Trinajstić information content (AvgIpc) is 2.82. The fourth-order valence-electron chi connectivity index (χ4n) is 2.61. The highest BCUT2D eigenvalue weighted by atomic mass is 32.2. The van der Waals surface area contributed by atoms with Gasteiger partial charge in [-0.3, -0.25) is 9.52 Å². The van der Waals surface area contributed by atoms with Crippen LogP contribution in [0.4, 0.5) is 5.69 Å². The summed E-state index contributed by atoms with van der Waals surface area (Å²) in [5.41, 5.74) is 7.43. The van der Waals surface area contributed by atoms with Gasteiger partial charge in [-0.2, -0.15) is 0 Å². The first kappa shape index (κ1) is 16.8. The second-order valence-electron chi connectivity index (χ2n) is 6.40. The molecule has 0 aliphatic carbocycles. The molecule has 7 heteroatoms. The highest BCUT2D eigenvalue weighted by Gasteiger charge is 2.35. The lowest BCUT2D eigenvalue weighted by molar-refractivity contribution is 0.0777. The molecule has 3 N–H and O–H groups in total. The molecule has 1 fully saturated rings. The van der Waals surface area contributed by atoms with Gasteiger partial charge in [-0.1, -0.05) is 13.0 Å². The summed E-state index contributed by atoms with van der Waals surface area (Å²) < 4.78 is 25.2. The van der Waals surface area contributed by atoms with Crippen molar-refractivity contribution in [1.29, 1.82) is 0 Å². The van der Waals surface area contributed by atoms with Crippen LogP contribution in [-0.2, 0) is 10.0 Å². The smallest absolute Gasteiger partial charge is 0.253 e. The van der Waals surface area contributed by atoms with Crippen LogP contribution in [0.3, 0.4) is 0 Å². The Balaban J connectivity index is 2.23. The van der Waals surface area contributed by atoms with E-state index in [2.05, 4.69) is 11.6 Å². The molecule has 0 aromatic heterocycles. The third kappa shape index (κ3) is 3.78. The van der Waals surface area contributed by atoms with Gasteiger partial charge in [0.2, 0.25) is 10.0 Å². The average molecular weight is 325 g/mol. The van der Waals surface area contributed by atoms with Crippen LogP contribution < -0.4 is 10.5 Å². The van der Waals surface area contributed by atoms with E-state index < -0.39 is 10.0 Å². The van der Waals surface area contributed by atoms with Crippen molar-refractivity contribution in [2.75, 3.05) is 30.6 Å². The summed E-state index contributed by atoms with van der Waals surface area (Å²) in [6, 6.07) is 5.07. The Hall–Kier alpha value is -1.60. The number of anilines is 1. The summed E-state index contributed by atoms with van der Waals surface area (Å²) in [5, 5.41) is 0. The molecular weight excluding hydrogens is 302 g/mol. The number of aryl methyl sites for hydroxylation is 1. The minimum atomic E-state index is -3.38. The van der Waals surface area contributed by atoms with E-state index in [1.54, 1.807) is 30.0 Å². The van der Waals surface area contributed by atoms with Gasteiger partial charge in [0.05, 0.1) is 11.9 Å². The van der Waals surface area contributed by atoms with E-state index in [9.17, 15) is 13.2 Å². The fraction of sp³-hybridized carbons (Fsp3) is 0.533. The van der Waals surface area contributed by atoms with Crippen LogP contribution in [-0.4, -0.2) is 45.1 Å². The molecule has 122 valence electrons. The van der Waals surface area contributed by atoms with Crippen LogP contribution >= 0.6 is 0 Å². The molecule has 2 rings (SSSR count). The highest BCUT2D eigenvalue weighted by molar-refractivity contribution is 7.92. The van der Waals surface area contributed by atoms with Crippen molar-refractivity contribution in [3.63, 3.8) is 0 Å². The molecule has 1 aliphatic heterocycles. The lowest BCUT2D eigenvalue weighted by Crippen LogP contribution is -2.34. The van der Waals surface area contributed by atoms with Crippen molar-refractivity contribution >= 4 is 21.6 Å². The van der Waals surface area contributed by atoms with Crippen LogP contribution in [0.1, 0.15) is 29.3 Å². The summed E-state index contributed by atoms with van der Waals surface area (Å²) in [4.78, 5) is 14.4. The molecule has 1 amide bonds. The third-order valence-corrected chi connectivity index (χ3v) is 4.71. The molecule has 1 heterocycles. The molecule has 1 saturated heterocycles. The molecule has 0 bridgehead atoms. The minimum absolute atomic E-state index is 0.0335.